The number of nitrogens with two attached hydrogens (primary N) is 1. The molecule has 1 amide bonds. The zero-order valence-corrected chi connectivity index (χ0v) is 18.9. The average Bonchev–Trinajstić information content (AvgIpc) is 2.61. The Balaban J connectivity index is 0.00000364. The third-order valence-corrected chi connectivity index (χ3v) is 4.54. The number of carbonyl (C=O) groups excluding carboxylic acids is 1. The molecule has 0 bridgehead atoms. The van der Waals surface area contributed by atoms with Crippen LogP contribution in [0.1, 0.15) is 25.3 Å². The second-order valence-corrected chi connectivity index (χ2v) is 6.75. The van der Waals surface area contributed by atoms with Gasteiger partial charge in [-0.3, -0.25) is 9.69 Å². The molecule has 1 aliphatic rings. The molecule has 1 heterocycles. The van der Waals surface area contributed by atoms with Crippen LogP contribution >= 0.6 is 35.6 Å². The number of amides is 1. The van der Waals surface area contributed by atoms with Crippen LogP contribution < -0.4 is 21.1 Å². The van der Waals surface area contributed by atoms with E-state index in [1.807, 2.05) is 19.1 Å². The monoisotopic (exact) mass is 509 g/mol. The van der Waals surface area contributed by atoms with Crippen molar-refractivity contribution in [3.8, 4) is 5.75 Å². The predicted octanol–water partition coefficient (Wildman–Crippen LogP) is 1.97. The van der Waals surface area contributed by atoms with Crippen LogP contribution in [0.25, 0.3) is 0 Å². The number of nitrogens with one attached hydrogen (secondary N) is 2. The van der Waals surface area contributed by atoms with Gasteiger partial charge in [-0.25, -0.2) is 4.99 Å². The molecule has 1 aliphatic heterocycles. The number of methoxy groups -OCH3 is 1. The lowest BCUT2D eigenvalue weighted by Gasteiger charge is -2.32. The highest BCUT2D eigenvalue weighted by atomic mass is 127. The summed E-state index contributed by atoms with van der Waals surface area (Å²) in [5.74, 6) is 1.23. The maximum absolute atomic E-state index is 11.0. The fourth-order valence-corrected chi connectivity index (χ4v) is 3.14. The summed E-state index contributed by atoms with van der Waals surface area (Å²) in [7, 11) is 1.63. The molecule has 0 atom stereocenters. The zero-order valence-electron chi connectivity index (χ0n) is 15.8. The highest BCUT2D eigenvalue weighted by molar-refractivity contribution is 14.0. The Morgan fingerprint density at radius 2 is 2.11 bits per heavy atom. The molecule has 0 radical (unpaired) electrons. The van der Waals surface area contributed by atoms with Gasteiger partial charge in [0.2, 0.25) is 5.91 Å². The number of piperidine rings is 1. The number of primary amides is 1. The summed E-state index contributed by atoms with van der Waals surface area (Å²) in [6, 6.07) is 5.88. The van der Waals surface area contributed by atoms with Gasteiger partial charge in [-0.05, 0) is 31.9 Å². The highest BCUT2D eigenvalue weighted by Gasteiger charge is 2.20. The molecule has 0 spiro atoms. The smallest absolute Gasteiger partial charge is 0.231 e. The van der Waals surface area contributed by atoms with Gasteiger partial charge in [-0.15, -0.1) is 24.0 Å². The third-order valence-electron chi connectivity index (χ3n) is 4.31. The van der Waals surface area contributed by atoms with Crippen LogP contribution in [0.5, 0.6) is 5.75 Å². The minimum absolute atomic E-state index is 0. The highest BCUT2D eigenvalue weighted by Crippen LogP contribution is 2.23. The molecule has 4 N–H and O–H groups in total. The molecule has 7 nitrogen and oxygen atoms in total. The van der Waals surface area contributed by atoms with Crippen LogP contribution in [-0.4, -0.2) is 56.1 Å². The van der Waals surface area contributed by atoms with Gasteiger partial charge < -0.3 is 21.1 Å². The number of rotatable bonds is 7. The molecule has 9 heteroatoms. The Kier molecular flexibility index (Phi) is 10.8. The summed E-state index contributed by atoms with van der Waals surface area (Å²) < 4.78 is 5.37. The minimum Gasteiger partial charge on any atom is -0.496 e. The van der Waals surface area contributed by atoms with Crippen molar-refractivity contribution in [1.82, 2.24) is 15.5 Å². The number of halogens is 2. The van der Waals surface area contributed by atoms with Crippen LogP contribution in [0.3, 0.4) is 0 Å². The Morgan fingerprint density at radius 3 is 2.70 bits per heavy atom. The van der Waals surface area contributed by atoms with Crippen LogP contribution in [0, 0.1) is 0 Å². The first-order valence-electron chi connectivity index (χ1n) is 8.89. The second-order valence-electron chi connectivity index (χ2n) is 6.31. The topological polar surface area (TPSA) is 92.0 Å². The number of benzene rings is 1. The molecular formula is C18H29ClIN5O2. The lowest BCUT2D eigenvalue weighted by molar-refractivity contribution is -0.119. The summed E-state index contributed by atoms with van der Waals surface area (Å²) >= 11 is 6.01. The van der Waals surface area contributed by atoms with E-state index in [1.54, 1.807) is 13.2 Å². The van der Waals surface area contributed by atoms with E-state index < -0.39 is 0 Å². The lowest BCUT2D eigenvalue weighted by Crippen LogP contribution is -2.49. The van der Waals surface area contributed by atoms with Crippen LogP contribution in [-0.2, 0) is 11.3 Å². The van der Waals surface area contributed by atoms with E-state index in [2.05, 4.69) is 20.5 Å². The van der Waals surface area contributed by atoms with Gasteiger partial charge in [0.1, 0.15) is 5.75 Å². The molecule has 1 aromatic rings. The summed E-state index contributed by atoms with van der Waals surface area (Å²) in [6.45, 7) is 5.35. The molecular weight excluding hydrogens is 481 g/mol. The van der Waals surface area contributed by atoms with Gasteiger partial charge in [0, 0.05) is 36.3 Å². The van der Waals surface area contributed by atoms with Crippen molar-refractivity contribution in [3.05, 3.63) is 28.8 Å². The third kappa shape index (κ3) is 8.10. The average molecular weight is 510 g/mol. The van der Waals surface area contributed by atoms with Crippen LogP contribution in [0.15, 0.2) is 23.2 Å². The normalized spacial score (nSPS) is 15.7. The predicted molar refractivity (Wildman–Crippen MR) is 120 cm³/mol. The summed E-state index contributed by atoms with van der Waals surface area (Å²) in [5, 5.41) is 7.40. The Hall–Kier alpha value is -1.26. The van der Waals surface area contributed by atoms with E-state index in [-0.39, 0.29) is 29.9 Å². The van der Waals surface area contributed by atoms with Crippen molar-refractivity contribution >= 4 is 47.4 Å². The van der Waals surface area contributed by atoms with Crippen molar-refractivity contribution < 1.29 is 9.53 Å². The number of hydrogen-bond acceptors (Lipinski definition) is 4. The molecule has 1 fully saturated rings. The first-order valence-corrected chi connectivity index (χ1v) is 9.27. The first kappa shape index (κ1) is 23.8. The Labute approximate surface area is 183 Å². The van der Waals surface area contributed by atoms with E-state index >= 15 is 0 Å². The van der Waals surface area contributed by atoms with E-state index in [0.717, 1.165) is 49.7 Å². The van der Waals surface area contributed by atoms with Crippen LogP contribution in [0.4, 0.5) is 0 Å². The molecule has 152 valence electrons. The van der Waals surface area contributed by atoms with Gasteiger partial charge in [-0.1, -0.05) is 17.7 Å². The molecule has 1 saturated heterocycles. The lowest BCUT2D eigenvalue weighted by atomic mass is 10.1. The standard InChI is InChI=1S/C18H28ClN5O2.HI/c1-3-21-18(22-11-13-4-5-14(19)10-16(13)26-2)23-15-6-8-24(9-7-15)12-17(20)25;/h4-5,10,15H,3,6-9,11-12H2,1-2H3,(H2,20,25)(H2,21,22,23);1H. The van der Waals surface area contributed by atoms with Crippen molar-refractivity contribution in [2.45, 2.75) is 32.4 Å². The molecule has 0 unspecified atom stereocenters. The first-order chi connectivity index (χ1) is 12.5. The van der Waals surface area contributed by atoms with Gasteiger partial charge in [0.25, 0.3) is 0 Å². The number of aliphatic imine (C=N–C) groups is 1. The summed E-state index contributed by atoms with van der Waals surface area (Å²) in [5.41, 5.74) is 6.24. The minimum atomic E-state index is -0.275. The van der Waals surface area contributed by atoms with Crippen molar-refractivity contribution in [2.24, 2.45) is 10.7 Å². The Bertz CT molecular complexity index is 636. The van der Waals surface area contributed by atoms with Crippen molar-refractivity contribution in [3.63, 3.8) is 0 Å². The van der Waals surface area contributed by atoms with E-state index in [1.165, 1.54) is 0 Å². The number of carbonyl (C=O) groups is 1. The number of hydrogen-bond donors (Lipinski definition) is 3. The molecule has 0 aromatic heterocycles. The maximum Gasteiger partial charge on any atom is 0.231 e. The molecule has 0 aliphatic carbocycles. The zero-order chi connectivity index (χ0) is 18.9. The molecule has 27 heavy (non-hydrogen) atoms. The van der Waals surface area contributed by atoms with Crippen LogP contribution in [0.2, 0.25) is 5.02 Å². The largest absolute Gasteiger partial charge is 0.496 e. The summed E-state index contributed by atoms with van der Waals surface area (Å²) in [6.07, 6.45) is 1.89. The Morgan fingerprint density at radius 1 is 1.41 bits per heavy atom. The number of likely N-dealkylation sites (tertiary alicyclic amines) is 1. The van der Waals surface area contributed by atoms with Gasteiger partial charge >= 0.3 is 0 Å². The quantitative estimate of drug-likeness (QED) is 0.297. The van der Waals surface area contributed by atoms with Gasteiger partial charge in [0.05, 0.1) is 20.2 Å². The molecule has 2 rings (SSSR count). The van der Waals surface area contributed by atoms with Gasteiger partial charge in [0.15, 0.2) is 5.96 Å². The van der Waals surface area contributed by atoms with E-state index in [9.17, 15) is 4.79 Å². The molecule has 1 aromatic carbocycles. The van der Waals surface area contributed by atoms with Crippen molar-refractivity contribution in [2.75, 3.05) is 33.3 Å². The fourth-order valence-electron chi connectivity index (χ4n) is 2.98. The van der Waals surface area contributed by atoms with E-state index in [0.29, 0.717) is 24.2 Å². The SMILES string of the molecule is CCNC(=NCc1ccc(Cl)cc1OC)NC1CCN(CC(N)=O)CC1.I. The summed E-state index contributed by atoms with van der Waals surface area (Å²) in [4.78, 5) is 17.8. The fraction of sp³-hybridized carbons (Fsp3) is 0.556. The maximum atomic E-state index is 11.0. The number of guanidine groups is 1. The second kappa shape index (κ2) is 12.2. The number of nitrogens with zero attached hydrogens (tertiary/aromatic N) is 2. The van der Waals surface area contributed by atoms with Crippen molar-refractivity contribution in [1.29, 1.82) is 0 Å². The molecule has 0 saturated carbocycles. The van der Waals surface area contributed by atoms with E-state index in [4.69, 9.17) is 22.1 Å². The van der Waals surface area contributed by atoms with Gasteiger partial charge in [-0.2, -0.15) is 0 Å². The number of ether oxygens (including phenoxy) is 1.